The van der Waals surface area contributed by atoms with Crippen molar-refractivity contribution < 1.29 is 5.11 Å². The summed E-state index contributed by atoms with van der Waals surface area (Å²) in [6, 6.07) is 12.7. The molecule has 1 saturated carbocycles. The van der Waals surface area contributed by atoms with Gasteiger partial charge < -0.3 is 5.11 Å². The van der Waals surface area contributed by atoms with E-state index in [1.165, 1.54) is 35.6 Å². The Morgan fingerprint density at radius 3 is 2.62 bits per heavy atom. The van der Waals surface area contributed by atoms with Crippen LogP contribution in [0.3, 0.4) is 0 Å². The van der Waals surface area contributed by atoms with Crippen molar-refractivity contribution in [3.05, 3.63) is 47.5 Å². The van der Waals surface area contributed by atoms with Gasteiger partial charge in [-0.3, -0.25) is 0 Å². The first-order chi connectivity index (χ1) is 10.0. The molecule has 3 rings (SSSR count). The van der Waals surface area contributed by atoms with Crippen LogP contribution in [0, 0.1) is 18.3 Å². The number of hydrogen-bond donors (Lipinski definition) is 1. The third-order valence-corrected chi connectivity index (χ3v) is 5.46. The molecule has 0 bridgehead atoms. The molecule has 1 heteroatoms. The van der Waals surface area contributed by atoms with E-state index in [1.54, 1.807) is 0 Å². The Labute approximate surface area is 128 Å². The predicted molar refractivity (Wildman–Crippen MR) is 89.4 cm³/mol. The molecule has 0 aromatic heterocycles. The van der Waals surface area contributed by atoms with Crippen LogP contribution in [0.25, 0.3) is 10.8 Å². The second kappa shape index (κ2) is 5.46. The highest BCUT2D eigenvalue weighted by molar-refractivity contribution is 5.87. The van der Waals surface area contributed by atoms with Gasteiger partial charge >= 0.3 is 0 Å². The van der Waals surface area contributed by atoms with Gasteiger partial charge in [-0.1, -0.05) is 63.1 Å². The number of fused-ring (bicyclic) bond motifs is 1. The summed E-state index contributed by atoms with van der Waals surface area (Å²) in [5.74, 6) is 0.357. The van der Waals surface area contributed by atoms with Gasteiger partial charge in [0.15, 0.2) is 0 Å². The smallest absolute Gasteiger partial charge is 0.0831 e. The zero-order chi connectivity index (χ0) is 15.0. The third-order valence-electron chi connectivity index (χ3n) is 5.46. The molecular weight excluding hydrogens is 256 g/mol. The van der Waals surface area contributed by atoms with Crippen LogP contribution >= 0.6 is 0 Å². The Hall–Kier alpha value is -1.34. The van der Waals surface area contributed by atoms with Gasteiger partial charge in [-0.25, -0.2) is 0 Å². The topological polar surface area (TPSA) is 20.2 Å². The van der Waals surface area contributed by atoms with Gasteiger partial charge in [0.05, 0.1) is 6.10 Å². The lowest BCUT2D eigenvalue weighted by atomic mass is 9.65. The van der Waals surface area contributed by atoms with Crippen LogP contribution < -0.4 is 0 Å². The number of aryl methyl sites for hydroxylation is 1. The summed E-state index contributed by atoms with van der Waals surface area (Å²) in [7, 11) is 0. The van der Waals surface area contributed by atoms with Crippen molar-refractivity contribution in [3.8, 4) is 0 Å². The normalized spacial score (nSPS) is 23.1. The van der Waals surface area contributed by atoms with E-state index in [0.717, 1.165) is 12.0 Å². The third kappa shape index (κ3) is 2.60. The lowest BCUT2D eigenvalue weighted by molar-refractivity contribution is 0.00436. The Balaban J connectivity index is 2.09. The fraction of sp³-hybridized carbons (Fsp3) is 0.500. The quantitative estimate of drug-likeness (QED) is 0.782. The van der Waals surface area contributed by atoms with E-state index in [1.807, 2.05) is 0 Å². The van der Waals surface area contributed by atoms with Crippen LogP contribution in [0.1, 0.15) is 56.8 Å². The van der Waals surface area contributed by atoms with Crippen LogP contribution in [0.15, 0.2) is 36.4 Å². The summed E-state index contributed by atoms with van der Waals surface area (Å²) in [6.07, 6.45) is 4.54. The molecule has 0 radical (unpaired) electrons. The van der Waals surface area contributed by atoms with Crippen molar-refractivity contribution in [3.63, 3.8) is 0 Å². The molecule has 0 heterocycles. The highest BCUT2D eigenvalue weighted by atomic mass is 16.3. The van der Waals surface area contributed by atoms with E-state index in [-0.39, 0.29) is 11.5 Å². The first-order valence-electron chi connectivity index (χ1n) is 8.17. The molecule has 0 aliphatic heterocycles. The molecule has 0 spiro atoms. The minimum absolute atomic E-state index is 0.223. The first-order valence-corrected chi connectivity index (χ1v) is 8.17. The molecule has 1 aliphatic rings. The number of rotatable bonds is 2. The van der Waals surface area contributed by atoms with Gasteiger partial charge in [-0.2, -0.15) is 0 Å². The van der Waals surface area contributed by atoms with Crippen molar-refractivity contribution in [2.75, 3.05) is 0 Å². The highest BCUT2D eigenvalue weighted by Crippen LogP contribution is 2.48. The van der Waals surface area contributed by atoms with Crippen LogP contribution in [0.5, 0.6) is 0 Å². The van der Waals surface area contributed by atoms with E-state index in [0.29, 0.717) is 5.92 Å². The van der Waals surface area contributed by atoms with E-state index < -0.39 is 0 Å². The molecule has 112 valence electrons. The van der Waals surface area contributed by atoms with Crippen LogP contribution in [-0.4, -0.2) is 5.11 Å². The fourth-order valence-electron chi connectivity index (χ4n) is 4.10. The van der Waals surface area contributed by atoms with Crippen LogP contribution in [-0.2, 0) is 0 Å². The fourth-order valence-corrected chi connectivity index (χ4v) is 4.10. The molecule has 0 amide bonds. The SMILES string of the molecule is Cc1ccc2ccccc2c1C(O)C1CCCCC1(C)C. The average molecular weight is 282 g/mol. The van der Waals surface area contributed by atoms with E-state index in [9.17, 15) is 5.11 Å². The molecule has 1 aliphatic carbocycles. The molecule has 2 aromatic rings. The Bertz CT molecular complexity index is 641. The number of benzene rings is 2. The molecule has 0 saturated heterocycles. The van der Waals surface area contributed by atoms with E-state index in [4.69, 9.17) is 0 Å². The molecule has 1 nitrogen and oxygen atoms in total. The number of aliphatic hydroxyl groups is 1. The lowest BCUT2D eigenvalue weighted by Crippen LogP contribution is -2.33. The summed E-state index contributed by atoms with van der Waals surface area (Å²) >= 11 is 0. The summed E-state index contributed by atoms with van der Waals surface area (Å²) in [6.45, 7) is 6.77. The monoisotopic (exact) mass is 282 g/mol. The number of aliphatic hydroxyl groups excluding tert-OH is 1. The Morgan fingerprint density at radius 1 is 1.10 bits per heavy atom. The molecule has 21 heavy (non-hydrogen) atoms. The van der Waals surface area contributed by atoms with Gasteiger partial charge in [0.25, 0.3) is 0 Å². The van der Waals surface area contributed by atoms with Crippen LogP contribution in [0.4, 0.5) is 0 Å². The number of hydrogen-bond acceptors (Lipinski definition) is 1. The van der Waals surface area contributed by atoms with Gasteiger partial charge in [0.1, 0.15) is 0 Å². The molecule has 2 atom stereocenters. The Kier molecular flexibility index (Phi) is 3.79. The van der Waals surface area contributed by atoms with Gasteiger partial charge in [-0.15, -0.1) is 0 Å². The predicted octanol–water partition coefficient (Wildman–Crippen LogP) is 5.40. The Morgan fingerprint density at radius 2 is 1.86 bits per heavy atom. The summed E-state index contributed by atoms with van der Waals surface area (Å²) in [5.41, 5.74) is 2.58. The van der Waals surface area contributed by atoms with Crippen molar-refractivity contribution in [2.45, 2.75) is 52.6 Å². The lowest BCUT2D eigenvalue weighted by Gasteiger charge is -2.42. The maximum atomic E-state index is 11.2. The van der Waals surface area contributed by atoms with Gasteiger partial charge in [0, 0.05) is 0 Å². The standard InChI is InChI=1S/C20H26O/c1-14-11-12-15-8-4-5-9-16(15)18(14)19(21)17-10-6-7-13-20(17,2)3/h4-5,8-9,11-12,17,19,21H,6-7,10,13H2,1-3H3. The van der Waals surface area contributed by atoms with Gasteiger partial charge in [0.2, 0.25) is 0 Å². The van der Waals surface area contributed by atoms with Crippen LogP contribution in [0.2, 0.25) is 0 Å². The van der Waals surface area contributed by atoms with Crippen molar-refractivity contribution in [1.82, 2.24) is 0 Å². The molecule has 2 aromatic carbocycles. The second-order valence-electron chi connectivity index (χ2n) is 7.30. The largest absolute Gasteiger partial charge is 0.388 e. The maximum absolute atomic E-state index is 11.2. The van der Waals surface area contributed by atoms with Crippen molar-refractivity contribution in [2.24, 2.45) is 11.3 Å². The highest BCUT2D eigenvalue weighted by Gasteiger charge is 2.38. The first kappa shape index (κ1) is 14.6. The van der Waals surface area contributed by atoms with E-state index in [2.05, 4.69) is 57.2 Å². The van der Waals surface area contributed by atoms with Crippen molar-refractivity contribution >= 4 is 10.8 Å². The molecular formula is C20H26O. The summed E-state index contributed by atoms with van der Waals surface area (Å²) in [4.78, 5) is 0. The maximum Gasteiger partial charge on any atom is 0.0831 e. The average Bonchev–Trinajstić information content (AvgIpc) is 2.46. The zero-order valence-electron chi connectivity index (χ0n) is 13.4. The van der Waals surface area contributed by atoms with Gasteiger partial charge in [-0.05, 0) is 53.0 Å². The summed E-state index contributed by atoms with van der Waals surface area (Å²) < 4.78 is 0. The molecule has 2 unspecified atom stereocenters. The minimum atomic E-state index is -0.355. The van der Waals surface area contributed by atoms with Crippen molar-refractivity contribution in [1.29, 1.82) is 0 Å². The minimum Gasteiger partial charge on any atom is -0.388 e. The zero-order valence-corrected chi connectivity index (χ0v) is 13.4. The van der Waals surface area contributed by atoms with E-state index >= 15 is 0 Å². The molecule has 1 N–H and O–H groups in total. The molecule has 1 fully saturated rings. The second-order valence-corrected chi connectivity index (χ2v) is 7.30. The summed E-state index contributed by atoms with van der Waals surface area (Å²) in [5, 5.41) is 13.6.